The van der Waals surface area contributed by atoms with Gasteiger partial charge < -0.3 is 10.8 Å². The molecule has 0 bridgehead atoms. The maximum absolute atomic E-state index is 10.3. The van der Waals surface area contributed by atoms with Gasteiger partial charge in [0.15, 0.2) is 0 Å². The van der Waals surface area contributed by atoms with E-state index in [9.17, 15) is 5.11 Å². The third-order valence-electron chi connectivity index (χ3n) is 3.40. The molecule has 4 nitrogen and oxygen atoms in total. The van der Waals surface area contributed by atoms with Crippen LogP contribution >= 0.6 is 0 Å². The van der Waals surface area contributed by atoms with E-state index in [1.807, 2.05) is 48.7 Å². The Morgan fingerprint density at radius 3 is 2.62 bits per heavy atom. The molecule has 0 aliphatic carbocycles. The SMILES string of the molecule is Nc1cccc(C(O)Cn2cc(-c3ccccc3)cn2)c1. The number of hydrogen-bond acceptors (Lipinski definition) is 3. The van der Waals surface area contributed by atoms with Crippen LogP contribution in [0.4, 0.5) is 5.69 Å². The lowest BCUT2D eigenvalue weighted by atomic mass is 10.1. The number of nitrogens with zero attached hydrogens (tertiary/aromatic N) is 2. The molecule has 0 saturated carbocycles. The first kappa shape index (κ1) is 13.4. The predicted octanol–water partition coefficient (Wildman–Crippen LogP) is 2.87. The van der Waals surface area contributed by atoms with Crippen LogP contribution in [0.25, 0.3) is 11.1 Å². The summed E-state index contributed by atoms with van der Waals surface area (Å²) in [6.45, 7) is 0.399. The lowest BCUT2D eigenvalue weighted by molar-refractivity contribution is 0.151. The van der Waals surface area contributed by atoms with E-state index < -0.39 is 6.10 Å². The van der Waals surface area contributed by atoms with E-state index in [4.69, 9.17) is 5.73 Å². The Labute approximate surface area is 123 Å². The van der Waals surface area contributed by atoms with Gasteiger partial charge in [-0.2, -0.15) is 5.10 Å². The summed E-state index contributed by atoms with van der Waals surface area (Å²) >= 11 is 0. The number of hydrogen-bond donors (Lipinski definition) is 2. The molecule has 0 spiro atoms. The van der Waals surface area contributed by atoms with Crippen molar-refractivity contribution in [3.05, 3.63) is 72.6 Å². The van der Waals surface area contributed by atoms with E-state index in [1.165, 1.54) is 0 Å². The topological polar surface area (TPSA) is 64.1 Å². The first-order valence-corrected chi connectivity index (χ1v) is 6.84. The summed E-state index contributed by atoms with van der Waals surface area (Å²) in [4.78, 5) is 0. The van der Waals surface area contributed by atoms with E-state index in [0.717, 1.165) is 16.7 Å². The number of aliphatic hydroxyl groups is 1. The lowest BCUT2D eigenvalue weighted by Crippen LogP contribution is -2.09. The molecule has 0 saturated heterocycles. The molecule has 0 radical (unpaired) electrons. The third-order valence-corrected chi connectivity index (χ3v) is 3.40. The Hall–Kier alpha value is -2.59. The molecule has 2 aromatic carbocycles. The van der Waals surface area contributed by atoms with Crippen LogP contribution in [0.15, 0.2) is 67.0 Å². The fraction of sp³-hybridized carbons (Fsp3) is 0.118. The Kier molecular flexibility index (Phi) is 3.71. The van der Waals surface area contributed by atoms with Crippen LogP contribution in [0.1, 0.15) is 11.7 Å². The van der Waals surface area contributed by atoms with Gasteiger partial charge in [0.1, 0.15) is 0 Å². The quantitative estimate of drug-likeness (QED) is 0.722. The largest absolute Gasteiger partial charge is 0.399 e. The average molecular weight is 279 g/mol. The minimum Gasteiger partial charge on any atom is -0.399 e. The van der Waals surface area contributed by atoms with Crippen molar-refractivity contribution < 1.29 is 5.11 Å². The van der Waals surface area contributed by atoms with Gasteiger partial charge in [-0.1, -0.05) is 42.5 Å². The summed E-state index contributed by atoms with van der Waals surface area (Å²) in [6.07, 6.45) is 3.11. The van der Waals surface area contributed by atoms with E-state index >= 15 is 0 Å². The van der Waals surface area contributed by atoms with E-state index in [1.54, 1.807) is 23.0 Å². The van der Waals surface area contributed by atoms with Gasteiger partial charge in [-0.3, -0.25) is 4.68 Å². The predicted molar refractivity (Wildman–Crippen MR) is 83.5 cm³/mol. The Balaban J connectivity index is 1.75. The van der Waals surface area contributed by atoms with Gasteiger partial charge in [-0.25, -0.2) is 0 Å². The molecule has 1 unspecified atom stereocenters. The van der Waals surface area contributed by atoms with Gasteiger partial charge >= 0.3 is 0 Å². The molecular formula is C17H17N3O. The van der Waals surface area contributed by atoms with Gasteiger partial charge in [0.05, 0.1) is 18.8 Å². The first-order chi connectivity index (χ1) is 10.2. The Bertz CT molecular complexity index is 722. The maximum atomic E-state index is 10.3. The number of anilines is 1. The monoisotopic (exact) mass is 279 g/mol. The number of rotatable bonds is 4. The fourth-order valence-electron chi connectivity index (χ4n) is 2.29. The maximum Gasteiger partial charge on any atom is 0.0986 e. The minimum absolute atomic E-state index is 0.399. The van der Waals surface area contributed by atoms with E-state index in [2.05, 4.69) is 5.10 Å². The van der Waals surface area contributed by atoms with Crippen LogP contribution in [-0.4, -0.2) is 14.9 Å². The van der Waals surface area contributed by atoms with Gasteiger partial charge in [-0.05, 0) is 23.3 Å². The summed E-state index contributed by atoms with van der Waals surface area (Å²) in [5, 5.41) is 14.6. The van der Waals surface area contributed by atoms with Crippen molar-refractivity contribution in [3.8, 4) is 11.1 Å². The molecule has 3 N–H and O–H groups in total. The van der Waals surface area contributed by atoms with Crippen molar-refractivity contribution in [2.24, 2.45) is 0 Å². The highest BCUT2D eigenvalue weighted by Gasteiger charge is 2.10. The second-order valence-corrected chi connectivity index (χ2v) is 5.00. The second-order valence-electron chi connectivity index (χ2n) is 5.00. The molecule has 0 aliphatic rings. The molecule has 4 heteroatoms. The van der Waals surface area contributed by atoms with Crippen molar-refractivity contribution in [1.29, 1.82) is 0 Å². The van der Waals surface area contributed by atoms with Gasteiger partial charge in [0, 0.05) is 17.4 Å². The zero-order valence-corrected chi connectivity index (χ0v) is 11.6. The third kappa shape index (κ3) is 3.12. The number of benzene rings is 2. The van der Waals surface area contributed by atoms with Crippen LogP contribution in [0.2, 0.25) is 0 Å². The van der Waals surface area contributed by atoms with Crippen LogP contribution in [-0.2, 0) is 6.54 Å². The highest BCUT2D eigenvalue weighted by atomic mass is 16.3. The normalized spacial score (nSPS) is 12.2. The summed E-state index contributed by atoms with van der Waals surface area (Å²) in [6, 6.07) is 17.3. The number of nitrogen functional groups attached to an aromatic ring is 1. The van der Waals surface area contributed by atoms with Gasteiger partial charge in [-0.15, -0.1) is 0 Å². The molecule has 1 aromatic heterocycles. The molecule has 0 amide bonds. The lowest BCUT2D eigenvalue weighted by Gasteiger charge is -2.11. The van der Waals surface area contributed by atoms with Crippen molar-refractivity contribution in [2.75, 3.05) is 5.73 Å². The highest BCUT2D eigenvalue weighted by molar-refractivity contribution is 5.61. The zero-order valence-electron chi connectivity index (χ0n) is 11.6. The molecule has 1 atom stereocenters. The standard InChI is InChI=1S/C17H17N3O/c18-16-8-4-7-14(9-16)17(21)12-20-11-15(10-19-20)13-5-2-1-3-6-13/h1-11,17,21H,12,18H2. The highest BCUT2D eigenvalue weighted by Crippen LogP contribution is 2.20. The molecule has 3 rings (SSSR count). The van der Waals surface area contributed by atoms with Crippen LogP contribution in [0.5, 0.6) is 0 Å². The number of aliphatic hydroxyl groups excluding tert-OH is 1. The Morgan fingerprint density at radius 2 is 1.86 bits per heavy atom. The minimum atomic E-state index is -0.628. The summed E-state index contributed by atoms with van der Waals surface area (Å²) in [5.41, 5.74) is 9.33. The van der Waals surface area contributed by atoms with E-state index in [-0.39, 0.29) is 0 Å². The molecular weight excluding hydrogens is 262 g/mol. The molecule has 21 heavy (non-hydrogen) atoms. The van der Waals surface area contributed by atoms with Crippen molar-refractivity contribution >= 4 is 5.69 Å². The van der Waals surface area contributed by atoms with Crippen LogP contribution < -0.4 is 5.73 Å². The molecule has 106 valence electrons. The number of nitrogens with two attached hydrogens (primary N) is 1. The Morgan fingerprint density at radius 1 is 1.05 bits per heavy atom. The van der Waals surface area contributed by atoms with Gasteiger partial charge in [0.2, 0.25) is 0 Å². The fourth-order valence-corrected chi connectivity index (χ4v) is 2.29. The smallest absolute Gasteiger partial charge is 0.0986 e. The molecule has 1 heterocycles. The second kappa shape index (κ2) is 5.81. The van der Waals surface area contributed by atoms with Crippen LogP contribution in [0.3, 0.4) is 0 Å². The van der Waals surface area contributed by atoms with Crippen molar-refractivity contribution in [2.45, 2.75) is 12.6 Å². The van der Waals surface area contributed by atoms with Crippen LogP contribution in [0, 0.1) is 0 Å². The summed E-state index contributed by atoms with van der Waals surface area (Å²) < 4.78 is 1.75. The molecule has 0 fully saturated rings. The first-order valence-electron chi connectivity index (χ1n) is 6.84. The zero-order chi connectivity index (χ0) is 14.7. The average Bonchev–Trinajstić information content (AvgIpc) is 2.97. The molecule has 0 aliphatic heterocycles. The molecule has 3 aromatic rings. The van der Waals surface area contributed by atoms with Crippen molar-refractivity contribution in [1.82, 2.24) is 9.78 Å². The summed E-state index contributed by atoms with van der Waals surface area (Å²) in [5.74, 6) is 0. The van der Waals surface area contributed by atoms with E-state index in [0.29, 0.717) is 12.2 Å². The van der Waals surface area contributed by atoms with Crippen molar-refractivity contribution in [3.63, 3.8) is 0 Å². The summed E-state index contributed by atoms with van der Waals surface area (Å²) in [7, 11) is 0. The number of aromatic nitrogens is 2. The van der Waals surface area contributed by atoms with Gasteiger partial charge in [0.25, 0.3) is 0 Å².